The van der Waals surface area contributed by atoms with Crippen LogP contribution in [0, 0.1) is 5.41 Å². The van der Waals surface area contributed by atoms with E-state index in [0.29, 0.717) is 11.2 Å². The first-order valence-corrected chi connectivity index (χ1v) is 10.5. The number of benzene rings is 2. The molecule has 28 heavy (non-hydrogen) atoms. The highest BCUT2D eigenvalue weighted by Crippen LogP contribution is 2.40. The molecule has 2 heterocycles. The Labute approximate surface area is 168 Å². The maximum Gasteiger partial charge on any atom is 0.120 e. The van der Waals surface area contributed by atoms with Crippen molar-refractivity contribution in [2.24, 2.45) is 5.41 Å². The molecule has 4 nitrogen and oxygen atoms in total. The molecule has 2 aromatic rings. The van der Waals surface area contributed by atoms with Crippen molar-refractivity contribution < 1.29 is 9.84 Å². The lowest BCUT2D eigenvalue weighted by Gasteiger charge is -2.40. The lowest BCUT2D eigenvalue weighted by atomic mass is 9.79. The van der Waals surface area contributed by atoms with Gasteiger partial charge >= 0.3 is 0 Å². The van der Waals surface area contributed by atoms with Gasteiger partial charge in [-0.2, -0.15) is 0 Å². The third-order valence-electron chi connectivity index (χ3n) is 6.50. The summed E-state index contributed by atoms with van der Waals surface area (Å²) in [4.78, 5) is 5.18. The highest BCUT2D eigenvalue weighted by Gasteiger charge is 2.41. The van der Waals surface area contributed by atoms with Crippen LogP contribution in [-0.2, 0) is 13.0 Å². The summed E-state index contributed by atoms with van der Waals surface area (Å²) < 4.78 is 5.33. The normalized spacial score (nSPS) is 23.3. The lowest BCUT2D eigenvalue weighted by Crippen LogP contribution is -2.45. The number of aromatic hydroxyl groups is 1. The Morgan fingerprint density at radius 1 is 1.00 bits per heavy atom. The molecule has 4 rings (SSSR count). The molecule has 0 radical (unpaired) electrons. The second-order valence-corrected chi connectivity index (χ2v) is 8.57. The zero-order chi connectivity index (χ0) is 19.4. The number of likely N-dealkylation sites (tertiary alicyclic amines) is 2. The summed E-state index contributed by atoms with van der Waals surface area (Å²) in [6.07, 6.45) is 5.03. The number of hydrogen-bond donors (Lipinski definition) is 1. The summed E-state index contributed by atoms with van der Waals surface area (Å²) in [5, 5.41) is 10.2. The van der Waals surface area contributed by atoms with Gasteiger partial charge in [0.25, 0.3) is 0 Å². The number of phenols is 1. The molecule has 0 bridgehead atoms. The first-order chi connectivity index (χ1) is 13.7. The van der Waals surface area contributed by atoms with Crippen LogP contribution >= 0.6 is 0 Å². The van der Waals surface area contributed by atoms with Crippen LogP contribution in [0.1, 0.15) is 30.4 Å². The van der Waals surface area contributed by atoms with E-state index in [9.17, 15) is 5.11 Å². The molecule has 1 N–H and O–H groups in total. The molecule has 2 aliphatic heterocycles. The van der Waals surface area contributed by atoms with E-state index >= 15 is 0 Å². The van der Waals surface area contributed by atoms with Crippen LogP contribution in [0.3, 0.4) is 0 Å². The number of nitrogens with zero attached hydrogens (tertiary/aromatic N) is 2. The van der Waals surface area contributed by atoms with Crippen LogP contribution in [0.15, 0.2) is 48.5 Å². The van der Waals surface area contributed by atoms with Gasteiger partial charge in [0.15, 0.2) is 0 Å². The van der Waals surface area contributed by atoms with E-state index in [1.165, 1.54) is 37.9 Å². The molecule has 150 valence electrons. The molecule has 2 fully saturated rings. The third-order valence-corrected chi connectivity index (χ3v) is 6.50. The molecular formula is C24H32N2O2. The average molecular weight is 381 g/mol. The Morgan fingerprint density at radius 3 is 2.64 bits per heavy atom. The molecule has 0 amide bonds. The van der Waals surface area contributed by atoms with E-state index in [2.05, 4.69) is 40.1 Å². The Balaban J connectivity index is 1.34. The molecule has 1 spiro atoms. The summed E-state index contributed by atoms with van der Waals surface area (Å²) >= 11 is 0. The van der Waals surface area contributed by atoms with E-state index in [0.717, 1.165) is 43.9 Å². The number of piperidine rings is 1. The van der Waals surface area contributed by atoms with Crippen molar-refractivity contribution in [1.29, 1.82) is 0 Å². The zero-order valence-corrected chi connectivity index (χ0v) is 16.9. The molecular weight excluding hydrogens is 348 g/mol. The van der Waals surface area contributed by atoms with Gasteiger partial charge in [-0.3, -0.25) is 4.90 Å². The van der Waals surface area contributed by atoms with Crippen LogP contribution in [0.5, 0.6) is 11.5 Å². The number of hydrogen-bond acceptors (Lipinski definition) is 4. The Kier molecular flexibility index (Phi) is 5.88. The lowest BCUT2D eigenvalue weighted by molar-refractivity contribution is 0.0927. The van der Waals surface area contributed by atoms with Crippen molar-refractivity contribution in [3.63, 3.8) is 0 Å². The van der Waals surface area contributed by atoms with Gasteiger partial charge in [-0.1, -0.05) is 30.3 Å². The van der Waals surface area contributed by atoms with E-state index in [1.54, 1.807) is 13.2 Å². The quantitative estimate of drug-likeness (QED) is 0.824. The monoisotopic (exact) mass is 380 g/mol. The van der Waals surface area contributed by atoms with Gasteiger partial charge < -0.3 is 14.7 Å². The minimum absolute atomic E-state index is 0.370. The fraction of sp³-hybridized carbons (Fsp3) is 0.500. The molecule has 4 heteroatoms. The molecule has 2 saturated heterocycles. The van der Waals surface area contributed by atoms with Crippen molar-refractivity contribution in [3.05, 3.63) is 59.7 Å². The van der Waals surface area contributed by atoms with Gasteiger partial charge in [0, 0.05) is 31.7 Å². The minimum Gasteiger partial charge on any atom is -0.508 e. The van der Waals surface area contributed by atoms with E-state index in [-0.39, 0.29) is 0 Å². The van der Waals surface area contributed by atoms with E-state index < -0.39 is 0 Å². The molecule has 0 unspecified atom stereocenters. The zero-order valence-electron chi connectivity index (χ0n) is 16.9. The maximum atomic E-state index is 10.2. The number of phenolic OH excluding ortho intramolecular Hbond substituents is 1. The van der Waals surface area contributed by atoms with Crippen LogP contribution in [-0.4, -0.2) is 54.7 Å². The Morgan fingerprint density at radius 2 is 1.82 bits per heavy atom. The highest BCUT2D eigenvalue weighted by molar-refractivity contribution is 5.39. The smallest absolute Gasteiger partial charge is 0.120 e. The van der Waals surface area contributed by atoms with Crippen molar-refractivity contribution in [1.82, 2.24) is 9.80 Å². The number of methoxy groups -OCH3 is 1. The van der Waals surface area contributed by atoms with Crippen molar-refractivity contribution >= 4 is 0 Å². The molecule has 0 aliphatic carbocycles. The summed E-state index contributed by atoms with van der Waals surface area (Å²) in [7, 11) is 1.67. The summed E-state index contributed by atoms with van der Waals surface area (Å²) in [6, 6.07) is 16.4. The predicted molar refractivity (Wildman–Crippen MR) is 113 cm³/mol. The van der Waals surface area contributed by atoms with Crippen LogP contribution in [0.2, 0.25) is 0 Å². The van der Waals surface area contributed by atoms with Gasteiger partial charge in [-0.25, -0.2) is 0 Å². The van der Waals surface area contributed by atoms with Crippen LogP contribution in [0.25, 0.3) is 0 Å². The van der Waals surface area contributed by atoms with Gasteiger partial charge in [0.1, 0.15) is 11.5 Å². The molecule has 0 aromatic heterocycles. The maximum absolute atomic E-state index is 10.2. The van der Waals surface area contributed by atoms with Gasteiger partial charge in [0.05, 0.1) is 7.11 Å². The molecule has 2 aromatic carbocycles. The van der Waals surface area contributed by atoms with Gasteiger partial charge in [-0.15, -0.1) is 0 Å². The van der Waals surface area contributed by atoms with E-state index in [4.69, 9.17) is 4.74 Å². The number of rotatable bonds is 6. The predicted octanol–water partition coefficient (Wildman–Crippen LogP) is 3.93. The minimum atomic E-state index is 0.370. The largest absolute Gasteiger partial charge is 0.508 e. The highest BCUT2D eigenvalue weighted by atomic mass is 16.5. The summed E-state index contributed by atoms with van der Waals surface area (Å²) in [5.74, 6) is 1.18. The van der Waals surface area contributed by atoms with Crippen molar-refractivity contribution in [2.45, 2.75) is 32.2 Å². The standard InChI is InChI=1S/C24H32N2O2/c1-28-22-8-9-23(27)21(16-22)17-26-15-12-24(19-26)11-5-13-25(18-24)14-10-20-6-3-2-4-7-20/h2-4,6-9,16,27H,5,10-15,17-19H2,1H3/t24-/m1/s1. The van der Waals surface area contributed by atoms with Crippen LogP contribution in [0.4, 0.5) is 0 Å². The summed E-state index contributed by atoms with van der Waals surface area (Å²) in [5.41, 5.74) is 2.82. The van der Waals surface area contributed by atoms with Gasteiger partial charge in [-0.05, 0) is 68.0 Å². The Hall–Kier alpha value is -2.04. The second kappa shape index (κ2) is 8.54. The Bertz CT molecular complexity index is 779. The molecule has 2 aliphatic rings. The van der Waals surface area contributed by atoms with Crippen molar-refractivity contribution in [2.75, 3.05) is 39.8 Å². The first kappa shape index (κ1) is 19.3. The van der Waals surface area contributed by atoms with Gasteiger partial charge in [0.2, 0.25) is 0 Å². The molecule has 0 saturated carbocycles. The fourth-order valence-electron chi connectivity index (χ4n) is 4.99. The van der Waals surface area contributed by atoms with Crippen molar-refractivity contribution in [3.8, 4) is 11.5 Å². The summed E-state index contributed by atoms with van der Waals surface area (Å²) in [6.45, 7) is 6.64. The SMILES string of the molecule is COc1ccc(O)c(CN2CC[C@@]3(CCCN(CCc4ccccc4)C3)C2)c1. The fourth-order valence-corrected chi connectivity index (χ4v) is 4.99. The van der Waals surface area contributed by atoms with E-state index in [1.807, 2.05) is 12.1 Å². The second-order valence-electron chi connectivity index (χ2n) is 8.57. The number of ether oxygens (including phenoxy) is 1. The topological polar surface area (TPSA) is 35.9 Å². The van der Waals surface area contributed by atoms with Crippen LogP contribution < -0.4 is 4.74 Å². The third kappa shape index (κ3) is 4.50. The molecule has 1 atom stereocenters. The average Bonchev–Trinajstić information content (AvgIpc) is 3.10. The first-order valence-electron chi connectivity index (χ1n) is 10.5.